The largest absolute Gasteiger partial charge is 0.370 e. The molecule has 3 N–H and O–H groups in total. The molecule has 18 heavy (non-hydrogen) atoms. The lowest BCUT2D eigenvalue weighted by molar-refractivity contribution is 0.273. The predicted octanol–water partition coefficient (Wildman–Crippen LogP) is 2.20. The first-order valence-electron chi connectivity index (χ1n) is 7.42. The molecule has 0 heterocycles. The van der Waals surface area contributed by atoms with E-state index in [-0.39, 0.29) is 0 Å². The van der Waals surface area contributed by atoms with Crippen molar-refractivity contribution < 1.29 is 0 Å². The highest BCUT2D eigenvalue weighted by molar-refractivity contribution is 5.78. The van der Waals surface area contributed by atoms with Crippen molar-refractivity contribution in [1.29, 1.82) is 0 Å². The van der Waals surface area contributed by atoms with Crippen LogP contribution in [0.1, 0.15) is 53.4 Å². The monoisotopic (exact) mass is 256 g/mol. The average molecular weight is 256 g/mol. The van der Waals surface area contributed by atoms with Crippen LogP contribution in [0, 0.1) is 0 Å². The quantitative estimate of drug-likeness (QED) is 0.358. The van der Waals surface area contributed by atoms with Crippen LogP contribution in [-0.2, 0) is 0 Å². The summed E-state index contributed by atoms with van der Waals surface area (Å²) in [5, 5.41) is 3.18. The van der Waals surface area contributed by atoms with Crippen LogP contribution in [0.25, 0.3) is 0 Å². The average Bonchev–Trinajstić information content (AvgIpc) is 2.34. The minimum Gasteiger partial charge on any atom is -0.370 e. The molecule has 0 spiro atoms. The lowest BCUT2D eigenvalue weighted by Gasteiger charge is -2.20. The zero-order chi connectivity index (χ0) is 13.8. The van der Waals surface area contributed by atoms with Gasteiger partial charge in [-0.25, -0.2) is 0 Å². The Morgan fingerprint density at radius 2 is 1.78 bits per heavy atom. The van der Waals surface area contributed by atoms with Gasteiger partial charge < -0.3 is 16.0 Å². The van der Waals surface area contributed by atoms with E-state index in [1.54, 1.807) is 0 Å². The van der Waals surface area contributed by atoms with Crippen molar-refractivity contribution in [3.05, 3.63) is 0 Å². The van der Waals surface area contributed by atoms with Crippen LogP contribution < -0.4 is 11.1 Å². The van der Waals surface area contributed by atoms with E-state index in [1.165, 1.54) is 25.9 Å². The number of hydrogen-bond donors (Lipinski definition) is 2. The van der Waals surface area contributed by atoms with E-state index in [0.29, 0.717) is 12.0 Å². The Hall–Kier alpha value is -0.770. The first kappa shape index (κ1) is 17.2. The summed E-state index contributed by atoms with van der Waals surface area (Å²) in [7, 11) is 0. The summed E-state index contributed by atoms with van der Waals surface area (Å²) in [4.78, 5) is 6.87. The second-order valence-electron chi connectivity index (χ2n) is 4.92. The molecule has 108 valence electrons. The van der Waals surface area contributed by atoms with Gasteiger partial charge in [0.15, 0.2) is 5.96 Å². The van der Waals surface area contributed by atoms with Crippen molar-refractivity contribution in [2.75, 3.05) is 26.2 Å². The Bertz CT molecular complexity index is 210. The van der Waals surface area contributed by atoms with Gasteiger partial charge in [0.2, 0.25) is 0 Å². The van der Waals surface area contributed by atoms with Gasteiger partial charge in [-0.2, -0.15) is 0 Å². The normalized spacial score (nSPS) is 13.9. The maximum atomic E-state index is 5.81. The fourth-order valence-corrected chi connectivity index (χ4v) is 1.86. The number of hydrogen-bond acceptors (Lipinski definition) is 2. The van der Waals surface area contributed by atoms with Crippen molar-refractivity contribution in [1.82, 2.24) is 10.2 Å². The Kier molecular flexibility index (Phi) is 10.8. The number of nitrogens with zero attached hydrogens (tertiary/aromatic N) is 2. The molecule has 0 aliphatic heterocycles. The third kappa shape index (κ3) is 9.28. The highest BCUT2D eigenvalue weighted by Gasteiger charge is 2.02. The van der Waals surface area contributed by atoms with Crippen LogP contribution in [0.4, 0.5) is 0 Å². The zero-order valence-electron chi connectivity index (χ0n) is 12.7. The van der Waals surface area contributed by atoms with Gasteiger partial charge in [0.05, 0.1) is 0 Å². The molecule has 0 aromatic heterocycles. The Morgan fingerprint density at radius 3 is 2.28 bits per heavy atom. The summed E-state index contributed by atoms with van der Waals surface area (Å²) in [5.74, 6) is 0.585. The molecule has 0 aliphatic carbocycles. The molecule has 1 atom stereocenters. The summed E-state index contributed by atoms with van der Waals surface area (Å²) in [6, 6.07) is 0.408. The predicted molar refractivity (Wildman–Crippen MR) is 81.0 cm³/mol. The minimum atomic E-state index is 0.408. The summed E-state index contributed by atoms with van der Waals surface area (Å²) >= 11 is 0. The SMILES string of the molecule is CCCN(CCC)CCCN=C(N)NC(C)CC. The van der Waals surface area contributed by atoms with Crippen molar-refractivity contribution in [3.63, 3.8) is 0 Å². The Balaban J connectivity index is 3.77. The maximum Gasteiger partial charge on any atom is 0.188 e. The highest BCUT2D eigenvalue weighted by atomic mass is 15.1. The van der Waals surface area contributed by atoms with Gasteiger partial charge in [-0.05, 0) is 52.2 Å². The van der Waals surface area contributed by atoms with Crippen LogP contribution in [0.3, 0.4) is 0 Å². The molecule has 0 aromatic carbocycles. The van der Waals surface area contributed by atoms with Crippen molar-refractivity contribution >= 4 is 5.96 Å². The number of nitrogens with two attached hydrogens (primary N) is 1. The molecule has 0 saturated carbocycles. The third-order valence-corrected chi connectivity index (χ3v) is 3.00. The van der Waals surface area contributed by atoms with Crippen molar-refractivity contribution in [2.24, 2.45) is 10.7 Å². The second kappa shape index (κ2) is 11.3. The molecule has 4 nitrogen and oxygen atoms in total. The van der Waals surface area contributed by atoms with E-state index in [1.807, 2.05) is 0 Å². The van der Waals surface area contributed by atoms with E-state index >= 15 is 0 Å². The molecule has 4 heteroatoms. The van der Waals surface area contributed by atoms with E-state index in [9.17, 15) is 0 Å². The topological polar surface area (TPSA) is 53.6 Å². The molecular weight excluding hydrogens is 224 g/mol. The van der Waals surface area contributed by atoms with Gasteiger partial charge >= 0.3 is 0 Å². The molecule has 0 bridgehead atoms. The molecule has 1 unspecified atom stereocenters. The Morgan fingerprint density at radius 1 is 1.17 bits per heavy atom. The molecule has 0 amide bonds. The molecule has 0 rings (SSSR count). The van der Waals surface area contributed by atoms with E-state index in [0.717, 1.165) is 25.9 Å². The summed E-state index contributed by atoms with van der Waals surface area (Å²) in [5.41, 5.74) is 5.81. The fourth-order valence-electron chi connectivity index (χ4n) is 1.86. The van der Waals surface area contributed by atoms with Crippen LogP contribution >= 0.6 is 0 Å². The van der Waals surface area contributed by atoms with E-state index < -0.39 is 0 Å². The summed E-state index contributed by atoms with van der Waals surface area (Å²) in [6.07, 6.45) is 4.60. The van der Waals surface area contributed by atoms with E-state index in [2.05, 4.69) is 42.9 Å². The molecule has 0 aliphatic rings. The zero-order valence-corrected chi connectivity index (χ0v) is 12.7. The first-order valence-corrected chi connectivity index (χ1v) is 7.42. The van der Waals surface area contributed by atoms with Gasteiger partial charge in [0.25, 0.3) is 0 Å². The molecule has 0 fully saturated rings. The van der Waals surface area contributed by atoms with Crippen molar-refractivity contribution in [2.45, 2.75) is 59.4 Å². The van der Waals surface area contributed by atoms with E-state index in [4.69, 9.17) is 5.73 Å². The van der Waals surface area contributed by atoms with Gasteiger partial charge in [-0.15, -0.1) is 0 Å². The summed E-state index contributed by atoms with van der Waals surface area (Å²) in [6.45, 7) is 13.0. The second-order valence-corrected chi connectivity index (χ2v) is 4.92. The lowest BCUT2D eigenvalue weighted by Crippen LogP contribution is -2.38. The third-order valence-electron chi connectivity index (χ3n) is 3.00. The molecule has 0 radical (unpaired) electrons. The van der Waals surface area contributed by atoms with Crippen LogP contribution in [0.15, 0.2) is 4.99 Å². The first-order chi connectivity index (χ1) is 8.63. The molecule has 0 saturated heterocycles. The fraction of sp³-hybridized carbons (Fsp3) is 0.929. The Labute approximate surface area is 113 Å². The molecule has 0 aromatic rings. The van der Waals surface area contributed by atoms with Crippen molar-refractivity contribution in [3.8, 4) is 0 Å². The number of nitrogens with one attached hydrogen (secondary N) is 1. The maximum absolute atomic E-state index is 5.81. The van der Waals surface area contributed by atoms with Gasteiger partial charge in [-0.1, -0.05) is 20.8 Å². The van der Waals surface area contributed by atoms with Gasteiger partial charge in [0, 0.05) is 12.6 Å². The van der Waals surface area contributed by atoms with Crippen LogP contribution in [0.2, 0.25) is 0 Å². The van der Waals surface area contributed by atoms with Gasteiger partial charge in [0.1, 0.15) is 0 Å². The highest BCUT2D eigenvalue weighted by Crippen LogP contribution is 1.96. The van der Waals surface area contributed by atoms with Crippen LogP contribution in [-0.4, -0.2) is 43.1 Å². The number of rotatable bonds is 10. The lowest BCUT2D eigenvalue weighted by atomic mass is 10.3. The van der Waals surface area contributed by atoms with Crippen LogP contribution in [0.5, 0.6) is 0 Å². The number of guanidine groups is 1. The standard InChI is InChI=1S/C14H32N4/c1-5-10-18(11-6-2)12-8-9-16-14(15)17-13(4)7-3/h13H,5-12H2,1-4H3,(H3,15,16,17). The summed E-state index contributed by atoms with van der Waals surface area (Å²) < 4.78 is 0. The molecular formula is C14H32N4. The number of aliphatic imine (C=N–C) groups is 1. The smallest absolute Gasteiger partial charge is 0.188 e. The van der Waals surface area contributed by atoms with Gasteiger partial charge in [-0.3, -0.25) is 4.99 Å². The minimum absolute atomic E-state index is 0.408.